The molecule has 1 heteroatoms. The Morgan fingerprint density at radius 2 is 1.87 bits per heavy atom. The van der Waals surface area contributed by atoms with Gasteiger partial charge in [0.1, 0.15) is 0 Å². The molecule has 0 saturated carbocycles. The van der Waals surface area contributed by atoms with Crippen LogP contribution in [0.15, 0.2) is 42.5 Å². The van der Waals surface area contributed by atoms with E-state index in [1.807, 2.05) is 13.8 Å². The standard InChI is InChI=1S/C12H13N.C2H6/c1-10-6-2-3-7-11(10)12-8-4-5-9-13-12;1-2/h2-8,13H,9H2,1H3;1-2H3. The van der Waals surface area contributed by atoms with E-state index in [-0.39, 0.29) is 0 Å². The van der Waals surface area contributed by atoms with E-state index in [0.29, 0.717) is 0 Å². The van der Waals surface area contributed by atoms with Crippen LogP contribution in [0.4, 0.5) is 0 Å². The predicted molar refractivity (Wildman–Crippen MR) is 67.6 cm³/mol. The summed E-state index contributed by atoms with van der Waals surface area (Å²) >= 11 is 0. The van der Waals surface area contributed by atoms with Crippen LogP contribution in [0.25, 0.3) is 5.70 Å². The van der Waals surface area contributed by atoms with Crippen LogP contribution in [-0.2, 0) is 0 Å². The first-order valence-corrected chi connectivity index (χ1v) is 5.54. The van der Waals surface area contributed by atoms with Crippen molar-refractivity contribution in [2.75, 3.05) is 6.54 Å². The molecule has 0 atom stereocenters. The highest BCUT2D eigenvalue weighted by atomic mass is 14.9. The third-order valence-electron chi connectivity index (χ3n) is 2.24. The molecular weight excluding hydrogens is 182 g/mol. The van der Waals surface area contributed by atoms with Gasteiger partial charge in [-0.25, -0.2) is 0 Å². The fourth-order valence-electron chi connectivity index (χ4n) is 1.52. The first-order chi connectivity index (χ1) is 7.38. The van der Waals surface area contributed by atoms with E-state index in [0.717, 1.165) is 6.54 Å². The summed E-state index contributed by atoms with van der Waals surface area (Å²) in [4.78, 5) is 0. The normalized spacial score (nSPS) is 13.4. The SMILES string of the molecule is CC.Cc1ccccc1C1=CC=CCN1. The lowest BCUT2D eigenvalue weighted by molar-refractivity contribution is 0.992. The quantitative estimate of drug-likeness (QED) is 0.733. The maximum atomic E-state index is 3.35. The minimum Gasteiger partial charge on any atom is -0.381 e. The van der Waals surface area contributed by atoms with Gasteiger partial charge in [-0.3, -0.25) is 0 Å². The molecule has 1 nitrogen and oxygen atoms in total. The maximum Gasteiger partial charge on any atom is 0.0418 e. The van der Waals surface area contributed by atoms with E-state index in [1.165, 1.54) is 16.8 Å². The van der Waals surface area contributed by atoms with Crippen molar-refractivity contribution < 1.29 is 0 Å². The first kappa shape index (κ1) is 11.6. The highest BCUT2D eigenvalue weighted by Crippen LogP contribution is 2.17. The van der Waals surface area contributed by atoms with Crippen LogP contribution in [0, 0.1) is 6.92 Å². The Balaban J connectivity index is 0.000000531. The Morgan fingerprint density at radius 3 is 2.47 bits per heavy atom. The van der Waals surface area contributed by atoms with Gasteiger partial charge in [0.25, 0.3) is 0 Å². The molecule has 15 heavy (non-hydrogen) atoms. The van der Waals surface area contributed by atoms with Crippen molar-refractivity contribution >= 4 is 5.70 Å². The molecule has 0 radical (unpaired) electrons. The lowest BCUT2D eigenvalue weighted by Gasteiger charge is -2.13. The highest BCUT2D eigenvalue weighted by Gasteiger charge is 2.03. The van der Waals surface area contributed by atoms with Gasteiger partial charge in [0.05, 0.1) is 0 Å². The Morgan fingerprint density at radius 1 is 1.13 bits per heavy atom. The van der Waals surface area contributed by atoms with Crippen LogP contribution < -0.4 is 5.32 Å². The minimum atomic E-state index is 0.931. The Bertz CT molecular complexity index is 361. The number of aryl methyl sites for hydroxylation is 1. The number of rotatable bonds is 1. The van der Waals surface area contributed by atoms with Gasteiger partial charge in [-0.2, -0.15) is 0 Å². The van der Waals surface area contributed by atoms with Crippen molar-refractivity contribution in [3.63, 3.8) is 0 Å². The molecule has 1 aliphatic rings. The second kappa shape index (κ2) is 6.07. The van der Waals surface area contributed by atoms with Crippen molar-refractivity contribution in [2.45, 2.75) is 20.8 Å². The molecule has 0 aliphatic carbocycles. The molecule has 0 unspecified atom stereocenters. The Labute approximate surface area is 92.5 Å². The van der Waals surface area contributed by atoms with Crippen molar-refractivity contribution in [3.05, 3.63) is 53.6 Å². The summed E-state index contributed by atoms with van der Waals surface area (Å²) in [6, 6.07) is 8.42. The predicted octanol–water partition coefficient (Wildman–Crippen LogP) is 3.52. The van der Waals surface area contributed by atoms with E-state index in [1.54, 1.807) is 0 Å². The van der Waals surface area contributed by atoms with E-state index in [9.17, 15) is 0 Å². The molecule has 80 valence electrons. The molecule has 1 aromatic carbocycles. The number of hydrogen-bond acceptors (Lipinski definition) is 1. The number of nitrogens with one attached hydrogen (secondary N) is 1. The summed E-state index contributed by atoms with van der Waals surface area (Å²) in [6.45, 7) is 7.07. The molecule has 0 saturated heterocycles. The Hall–Kier alpha value is -1.50. The smallest absolute Gasteiger partial charge is 0.0418 e. The second-order valence-electron chi connectivity index (χ2n) is 3.20. The summed E-state index contributed by atoms with van der Waals surface area (Å²) in [7, 11) is 0. The molecule has 0 amide bonds. The molecule has 0 spiro atoms. The zero-order valence-corrected chi connectivity index (χ0v) is 9.75. The fraction of sp³-hybridized carbons (Fsp3) is 0.286. The second-order valence-corrected chi connectivity index (χ2v) is 3.20. The lowest BCUT2D eigenvalue weighted by atomic mass is 10.0. The topological polar surface area (TPSA) is 12.0 Å². The van der Waals surface area contributed by atoms with Crippen LogP contribution in [0.2, 0.25) is 0 Å². The molecular formula is C14H19N. The summed E-state index contributed by atoms with van der Waals surface area (Å²) < 4.78 is 0. The van der Waals surface area contributed by atoms with Gasteiger partial charge in [0.15, 0.2) is 0 Å². The van der Waals surface area contributed by atoms with Gasteiger partial charge in [-0.15, -0.1) is 0 Å². The summed E-state index contributed by atoms with van der Waals surface area (Å²) in [6.07, 6.45) is 6.33. The van der Waals surface area contributed by atoms with Gasteiger partial charge < -0.3 is 5.32 Å². The van der Waals surface area contributed by atoms with Gasteiger partial charge >= 0.3 is 0 Å². The average Bonchev–Trinajstić information content (AvgIpc) is 2.33. The van der Waals surface area contributed by atoms with E-state index >= 15 is 0 Å². The number of hydrogen-bond donors (Lipinski definition) is 1. The molecule has 0 bridgehead atoms. The van der Waals surface area contributed by atoms with Crippen LogP contribution in [0.3, 0.4) is 0 Å². The zero-order chi connectivity index (χ0) is 11.1. The van der Waals surface area contributed by atoms with Gasteiger partial charge in [-0.1, -0.05) is 50.3 Å². The lowest BCUT2D eigenvalue weighted by Crippen LogP contribution is -2.14. The van der Waals surface area contributed by atoms with E-state index in [4.69, 9.17) is 0 Å². The van der Waals surface area contributed by atoms with Crippen molar-refractivity contribution in [1.82, 2.24) is 5.32 Å². The number of benzene rings is 1. The first-order valence-electron chi connectivity index (χ1n) is 5.54. The highest BCUT2D eigenvalue weighted by molar-refractivity contribution is 5.68. The number of allylic oxidation sites excluding steroid dienone is 2. The molecule has 1 heterocycles. The van der Waals surface area contributed by atoms with E-state index < -0.39 is 0 Å². The van der Waals surface area contributed by atoms with Crippen molar-refractivity contribution in [2.24, 2.45) is 0 Å². The van der Waals surface area contributed by atoms with Crippen LogP contribution in [0.1, 0.15) is 25.0 Å². The van der Waals surface area contributed by atoms with Gasteiger partial charge in [0.2, 0.25) is 0 Å². The van der Waals surface area contributed by atoms with Crippen LogP contribution >= 0.6 is 0 Å². The van der Waals surface area contributed by atoms with Gasteiger partial charge in [0, 0.05) is 17.8 Å². The van der Waals surface area contributed by atoms with Gasteiger partial charge in [-0.05, 0) is 18.6 Å². The number of dihydropyridines is 1. The Kier molecular flexibility index (Phi) is 4.69. The van der Waals surface area contributed by atoms with Crippen molar-refractivity contribution in [1.29, 1.82) is 0 Å². The third-order valence-corrected chi connectivity index (χ3v) is 2.24. The van der Waals surface area contributed by atoms with Crippen LogP contribution in [-0.4, -0.2) is 6.54 Å². The minimum absolute atomic E-state index is 0.931. The largest absolute Gasteiger partial charge is 0.381 e. The third kappa shape index (κ3) is 2.98. The molecule has 1 N–H and O–H groups in total. The molecule has 2 rings (SSSR count). The summed E-state index contributed by atoms with van der Waals surface area (Å²) in [5.41, 5.74) is 3.84. The molecule has 0 aromatic heterocycles. The zero-order valence-electron chi connectivity index (χ0n) is 9.75. The molecule has 1 aliphatic heterocycles. The van der Waals surface area contributed by atoms with Crippen LogP contribution in [0.5, 0.6) is 0 Å². The average molecular weight is 201 g/mol. The fourth-order valence-corrected chi connectivity index (χ4v) is 1.52. The van der Waals surface area contributed by atoms with E-state index in [2.05, 4.69) is 54.7 Å². The molecule has 0 fully saturated rings. The summed E-state index contributed by atoms with van der Waals surface area (Å²) in [5, 5.41) is 3.35. The van der Waals surface area contributed by atoms with Crippen molar-refractivity contribution in [3.8, 4) is 0 Å². The molecule has 1 aromatic rings. The summed E-state index contributed by atoms with van der Waals surface area (Å²) in [5.74, 6) is 0. The monoisotopic (exact) mass is 201 g/mol. The maximum absolute atomic E-state index is 3.35.